The van der Waals surface area contributed by atoms with Crippen LogP contribution in [-0.4, -0.2) is 38.8 Å². The molecule has 3 heterocycles. The van der Waals surface area contributed by atoms with Crippen molar-refractivity contribution in [1.29, 1.82) is 0 Å². The highest BCUT2D eigenvalue weighted by molar-refractivity contribution is 4.81. The molecule has 0 spiro atoms. The van der Waals surface area contributed by atoms with E-state index in [0.29, 0.717) is 0 Å². The minimum Gasteiger partial charge on any atom is -0.317 e. The normalized spacial score (nSPS) is 25.9. The fourth-order valence-electron chi connectivity index (χ4n) is 8.64. The predicted molar refractivity (Wildman–Crippen MR) is 241 cm³/mol. The van der Waals surface area contributed by atoms with Crippen LogP contribution < -0.4 is 16.0 Å². The van der Waals surface area contributed by atoms with E-state index in [2.05, 4.69) is 55.8 Å². The van der Waals surface area contributed by atoms with Gasteiger partial charge in [-0.2, -0.15) is 0 Å². The Morgan fingerprint density at radius 3 is 1.53 bits per heavy atom. The predicted octanol–water partition coefficient (Wildman–Crippen LogP) is 15.3. The third-order valence-electron chi connectivity index (χ3n) is 12.5. The van der Waals surface area contributed by atoms with Crippen LogP contribution in [-0.2, 0) is 0 Å². The average molecular weight is 744 g/mol. The van der Waals surface area contributed by atoms with Crippen molar-refractivity contribution in [1.82, 2.24) is 16.0 Å². The Kier molecular flexibility index (Phi) is 39.4. The summed E-state index contributed by atoms with van der Waals surface area (Å²) < 4.78 is 0. The minimum absolute atomic E-state index is 0.723. The summed E-state index contributed by atoms with van der Waals surface area (Å²) >= 11 is 0. The third kappa shape index (κ3) is 38.3. The molecule has 0 aromatic heterocycles. The van der Waals surface area contributed by atoms with Crippen LogP contribution in [0, 0.1) is 17.8 Å². The van der Waals surface area contributed by atoms with Gasteiger partial charge in [0.2, 0.25) is 0 Å². The van der Waals surface area contributed by atoms with Gasteiger partial charge in [0.1, 0.15) is 0 Å². The van der Waals surface area contributed by atoms with E-state index in [1.807, 2.05) is 0 Å². The van der Waals surface area contributed by atoms with E-state index < -0.39 is 0 Å². The summed E-state index contributed by atoms with van der Waals surface area (Å²) in [5.41, 5.74) is 0. The minimum atomic E-state index is 0.723. The second-order valence-corrected chi connectivity index (χ2v) is 18.3. The average Bonchev–Trinajstić information content (AvgIpc) is 3.43. The fourth-order valence-corrected chi connectivity index (χ4v) is 8.64. The van der Waals surface area contributed by atoms with Crippen molar-refractivity contribution in [3.05, 3.63) is 12.2 Å². The highest BCUT2D eigenvalue weighted by Gasteiger charge is 2.11. The van der Waals surface area contributed by atoms with Gasteiger partial charge in [-0.15, -0.1) is 0 Å². The first-order valence-corrected chi connectivity index (χ1v) is 24.9. The lowest BCUT2D eigenvalue weighted by Gasteiger charge is -2.18. The Bertz CT molecular complexity index is 693. The van der Waals surface area contributed by atoms with Crippen LogP contribution in [0.15, 0.2) is 12.2 Å². The maximum Gasteiger partial charge on any atom is 0.00387 e. The smallest absolute Gasteiger partial charge is 0.00387 e. The highest BCUT2D eigenvalue weighted by atomic mass is 14.9. The lowest BCUT2D eigenvalue weighted by atomic mass is 9.88. The zero-order valence-corrected chi connectivity index (χ0v) is 37.2. The van der Waals surface area contributed by atoms with E-state index >= 15 is 0 Å². The molecule has 316 valence electrons. The van der Waals surface area contributed by atoms with Crippen molar-refractivity contribution in [3.63, 3.8) is 0 Å². The van der Waals surface area contributed by atoms with Gasteiger partial charge in [-0.3, -0.25) is 0 Å². The number of unbranched alkanes of at least 4 members (excludes halogenated alkanes) is 3. The van der Waals surface area contributed by atoms with Gasteiger partial charge in [-0.05, 0) is 128 Å². The molecule has 3 rings (SSSR count). The molecule has 3 unspecified atom stereocenters. The Morgan fingerprint density at radius 1 is 0.453 bits per heavy atom. The Balaban J connectivity index is 0.000000410. The molecular formula is C50H101N3. The molecule has 3 aliphatic heterocycles. The van der Waals surface area contributed by atoms with E-state index in [9.17, 15) is 0 Å². The van der Waals surface area contributed by atoms with E-state index in [1.54, 1.807) is 0 Å². The monoisotopic (exact) mass is 744 g/mol. The van der Waals surface area contributed by atoms with E-state index in [-0.39, 0.29) is 0 Å². The van der Waals surface area contributed by atoms with E-state index in [1.165, 1.54) is 257 Å². The van der Waals surface area contributed by atoms with Crippen LogP contribution in [0.2, 0.25) is 0 Å². The van der Waals surface area contributed by atoms with Gasteiger partial charge in [-0.1, -0.05) is 187 Å². The van der Waals surface area contributed by atoms with E-state index in [0.717, 1.165) is 23.8 Å². The molecule has 0 aliphatic carbocycles. The van der Waals surface area contributed by atoms with Gasteiger partial charge >= 0.3 is 0 Å². The molecule has 0 bridgehead atoms. The van der Waals surface area contributed by atoms with Crippen molar-refractivity contribution < 1.29 is 0 Å². The summed E-state index contributed by atoms with van der Waals surface area (Å²) in [7, 11) is 0. The zero-order valence-electron chi connectivity index (χ0n) is 37.2. The molecule has 2 fully saturated rings. The van der Waals surface area contributed by atoms with Gasteiger partial charge in [0.15, 0.2) is 0 Å². The van der Waals surface area contributed by atoms with Crippen LogP contribution in [0.5, 0.6) is 0 Å². The van der Waals surface area contributed by atoms with Crippen LogP contribution in [0.4, 0.5) is 0 Å². The molecule has 2 saturated heterocycles. The highest BCUT2D eigenvalue weighted by Crippen LogP contribution is 2.25. The number of hydrogen-bond acceptors (Lipinski definition) is 3. The summed E-state index contributed by atoms with van der Waals surface area (Å²) in [5, 5.41) is 10.8. The molecule has 0 amide bonds. The van der Waals surface area contributed by atoms with Crippen molar-refractivity contribution in [2.24, 2.45) is 17.8 Å². The summed E-state index contributed by atoms with van der Waals surface area (Å²) in [4.78, 5) is 0. The lowest BCUT2D eigenvalue weighted by Crippen LogP contribution is -2.26. The van der Waals surface area contributed by atoms with Crippen molar-refractivity contribution in [2.75, 3.05) is 32.7 Å². The maximum absolute atomic E-state index is 3.66. The molecule has 3 nitrogen and oxygen atoms in total. The molecule has 3 N–H and O–H groups in total. The SMILES string of the molecule is CC(C)CCC1CCCCCCCCNCCCCCCC1.CC1CCCCCC/C=C/CCCCCCCN1.CCCCCCC1CCCNCC1. The van der Waals surface area contributed by atoms with Gasteiger partial charge in [0.05, 0.1) is 0 Å². The molecular weight excluding hydrogens is 643 g/mol. The van der Waals surface area contributed by atoms with Crippen molar-refractivity contribution in [2.45, 2.75) is 258 Å². The van der Waals surface area contributed by atoms with E-state index in [4.69, 9.17) is 0 Å². The topological polar surface area (TPSA) is 36.1 Å². The quantitative estimate of drug-likeness (QED) is 0.171. The van der Waals surface area contributed by atoms with Gasteiger partial charge in [-0.25, -0.2) is 0 Å². The molecule has 3 heteroatoms. The van der Waals surface area contributed by atoms with Crippen molar-refractivity contribution in [3.8, 4) is 0 Å². The Hall–Kier alpha value is -0.380. The number of rotatable bonds is 8. The number of nitrogens with one attached hydrogen (secondary N) is 3. The second kappa shape index (κ2) is 41.3. The van der Waals surface area contributed by atoms with Crippen LogP contribution in [0.25, 0.3) is 0 Å². The van der Waals surface area contributed by atoms with Gasteiger partial charge in [0, 0.05) is 6.04 Å². The van der Waals surface area contributed by atoms with Crippen molar-refractivity contribution >= 4 is 0 Å². The zero-order chi connectivity index (χ0) is 38.1. The van der Waals surface area contributed by atoms with Crippen LogP contribution in [0.3, 0.4) is 0 Å². The standard InChI is InChI=1S/C21H43N.C17H33N.C12H25N/c1-20(2)16-17-21-14-10-6-3-4-8-12-18-22-19-13-9-5-7-11-15-21;1-17-15-13-11-9-7-5-3-2-4-6-8-10-12-14-16-18-17;1-2-3-4-5-7-12-8-6-10-13-11-9-12/h20-22H,3-19H2,1-2H3;2-3,17-18H,4-16H2,1H3;12-13H,2-11H2,1H3/b;3-2+;. The van der Waals surface area contributed by atoms with Gasteiger partial charge in [0.25, 0.3) is 0 Å². The summed E-state index contributed by atoms with van der Waals surface area (Å²) in [6.07, 6.45) is 54.8. The number of hydrogen-bond donors (Lipinski definition) is 3. The molecule has 0 radical (unpaired) electrons. The Labute approximate surface area is 336 Å². The number of allylic oxidation sites excluding steroid dienone is 2. The van der Waals surface area contributed by atoms with Gasteiger partial charge < -0.3 is 16.0 Å². The summed E-state index contributed by atoms with van der Waals surface area (Å²) in [6.45, 7) is 15.6. The molecule has 0 saturated carbocycles. The maximum atomic E-state index is 3.66. The first-order valence-electron chi connectivity index (χ1n) is 24.9. The third-order valence-corrected chi connectivity index (χ3v) is 12.5. The molecule has 0 aromatic carbocycles. The molecule has 53 heavy (non-hydrogen) atoms. The molecule has 3 aliphatic rings. The summed E-state index contributed by atoms with van der Waals surface area (Å²) in [6, 6.07) is 0.723. The molecule has 0 aromatic rings. The molecule has 3 atom stereocenters. The lowest BCUT2D eigenvalue weighted by molar-refractivity contribution is 0.352. The first kappa shape index (κ1) is 50.6. The Morgan fingerprint density at radius 2 is 0.925 bits per heavy atom. The second-order valence-electron chi connectivity index (χ2n) is 18.3. The van der Waals surface area contributed by atoms with Crippen LogP contribution >= 0.6 is 0 Å². The van der Waals surface area contributed by atoms with Crippen LogP contribution in [0.1, 0.15) is 252 Å². The fraction of sp³-hybridized carbons (Fsp3) is 0.960. The summed E-state index contributed by atoms with van der Waals surface area (Å²) in [5.74, 6) is 2.95. The largest absolute Gasteiger partial charge is 0.317 e. The first-order chi connectivity index (χ1) is 26.1.